The van der Waals surface area contributed by atoms with Crippen molar-refractivity contribution in [2.24, 2.45) is 16.4 Å². The Balaban J connectivity index is 1.99. The minimum Gasteiger partial charge on any atom is -0.289 e. The minimum absolute atomic E-state index is 0.0453. The highest BCUT2D eigenvalue weighted by molar-refractivity contribution is 6.45. The van der Waals surface area contributed by atoms with E-state index in [1.807, 2.05) is 12.1 Å². The summed E-state index contributed by atoms with van der Waals surface area (Å²) < 4.78 is 0. The number of nitrogens with one attached hydrogen (secondary N) is 2. The second-order valence-corrected chi connectivity index (χ2v) is 6.76. The zero-order chi connectivity index (χ0) is 21.0. The van der Waals surface area contributed by atoms with Crippen molar-refractivity contribution in [1.29, 1.82) is 5.26 Å². The van der Waals surface area contributed by atoms with E-state index in [1.54, 1.807) is 55.5 Å². The van der Waals surface area contributed by atoms with Crippen molar-refractivity contribution < 1.29 is 9.59 Å². The zero-order valence-electron chi connectivity index (χ0n) is 16.0. The summed E-state index contributed by atoms with van der Waals surface area (Å²) in [6.07, 6.45) is 5.49. The maximum absolute atomic E-state index is 13.1. The van der Waals surface area contributed by atoms with E-state index in [4.69, 9.17) is 6.42 Å². The van der Waals surface area contributed by atoms with Crippen LogP contribution in [-0.4, -0.2) is 22.5 Å². The van der Waals surface area contributed by atoms with Crippen LogP contribution in [0.3, 0.4) is 0 Å². The van der Waals surface area contributed by atoms with Gasteiger partial charge in [0, 0.05) is 11.5 Å². The highest BCUT2D eigenvalue weighted by Gasteiger charge is 2.53. The van der Waals surface area contributed by atoms with Gasteiger partial charge in [0.1, 0.15) is 11.1 Å². The van der Waals surface area contributed by atoms with Crippen LogP contribution in [-0.2, 0) is 9.59 Å². The summed E-state index contributed by atoms with van der Waals surface area (Å²) in [6, 6.07) is 17.8. The number of anilines is 2. The Hall–Kier alpha value is -4.10. The summed E-state index contributed by atoms with van der Waals surface area (Å²) in [7, 11) is 0. The molecule has 0 aromatic heterocycles. The van der Waals surface area contributed by atoms with E-state index in [2.05, 4.69) is 21.9 Å². The van der Waals surface area contributed by atoms with Crippen molar-refractivity contribution in [2.75, 3.05) is 10.9 Å². The van der Waals surface area contributed by atoms with E-state index >= 15 is 0 Å². The molecule has 3 rings (SSSR count). The SMILES string of the molecule is C#Cc1ccccc1NN=C1C(=O)N(Nc2ccccc2)C(=O)C(C)(C#N)C1C. The zero-order valence-corrected chi connectivity index (χ0v) is 16.0. The molecule has 7 nitrogen and oxygen atoms in total. The number of hydrazine groups is 1. The molecule has 7 heteroatoms. The van der Waals surface area contributed by atoms with Crippen LogP contribution in [0.5, 0.6) is 0 Å². The van der Waals surface area contributed by atoms with Crippen molar-refractivity contribution in [2.45, 2.75) is 13.8 Å². The first-order valence-corrected chi connectivity index (χ1v) is 8.93. The number of amides is 2. The Kier molecular flexibility index (Phi) is 5.34. The Bertz CT molecular complexity index is 1060. The number of carbonyl (C=O) groups is 2. The maximum atomic E-state index is 13.1. The van der Waals surface area contributed by atoms with Crippen molar-refractivity contribution in [3.8, 4) is 18.4 Å². The number of piperidine rings is 1. The number of hydrogen-bond donors (Lipinski definition) is 2. The lowest BCUT2D eigenvalue weighted by Crippen LogP contribution is -2.60. The normalized spacial score (nSPS) is 22.7. The van der Waals surface area contributed by atoms with Gasteiger partial charge in [-0.2, -0.15) is 15.4 Å². The Morgan fingerprint density at radius 3 is 2.45 bits per heavy atom. The lowest BCUT2D eigenvalue weighted by molar-refractivity contribution is -0.147. The fraction of sp³-hybridized carbons (Fsp3) is 0.182. The molecule has 2 aromatic rings. The molecule has 0 radical (unpaired) electrons. The molecule has 2 unspecified atom stereocenters. The number of rotatable bonds is 4. The third-order valence-electron chi connectivity index (χ3n) is 4.97. The lowest BCUT2D eigenvalue weighted by Gasteiger charge is -2.38. The third kappa shape index (κ3) is 3.54. The molecule has 2 aromatic carbocycles. The summed E-state index contributed by atoms with van der Waals surface area (Å²) >= 11 is 0. The first kappa shape index (κ1) is 19.7. The lowest BCUT2D eigenvalue weighted by atomic mass is 9.73. The van der Waals surface area contributed by atoms with E-state index in [0.717, 1.165) is 5.01 Å². The van der Waals surface area contributed by atoms with Crippen LogP contribution in [0.15, 0.2) is 59.7 Å². The van der Waals surface area contributed by atoms with Gasteiger partial charge in [0.15, 0.2) is 0 Å². The molecular weight excluding hydrogens is 366 g/mol. The molecule has 0 spiro atoms. The average Bonchev–Trinajstić information content (AvgIpc) is 2.76. The van der Waals surface area contributed by atoms with Crippen LogP contribution in [0, 0.1) is 35.0 Å². The van der Waals surface area contributed by atoms with Gasteiger partial charge < -0.3 is 0 Å². The molecule has 0 saturated carbocycles. The highest BCUT2D eigenvalue weighted by atomic mass is 16.2. The van der Waals surface area contributed by atoms with Crippen molar-refractivity contribution in [1.82, 2.24) is 5.01 Å². The molecule has 29 heavy (non-hydrogen) atoms. The number of carbonyl (C=O) groups excluding carboxylic acids is 2. The largest absolute Gasteiger partial charge is 0.296 e. The van der Waals surface area contributed by atoms with Gasteiger partial charge in [0.2, 0.25) is 0 Å². The summed E-state index contributed by atoms with van der Waals surface area (Å²) in [6.45, 7) is 3.13. The molecular formula is C22H19N5O2. The molecule has 2 N–H and O–H groups in total. The topological polar surface area (TPSA) is 97.6 Å². The van der Waals surface area contributed by atoms with E-state index in [0.29, 0.717) is 16.9 Å². The van der Waals surface area contributed by atoms with Gasteiger partial charge in [-0.15, -0.1) is 6.42 Å². The Labute approximate surface area is 169 Å². The van der Waals surface area contributed by atoms with E-state index in [1.165, 1.54) is 6.92 Å². The Morgan fingerprint density at radius 2 is 1.79 bits per heavy atom. The molecule has 1 saturated heterocycles. The van der Waals surface area contributed by atoms with Crippen LogP contribution in [0.1, 0.15) is 19.4 Å². The molecule has 1 aliphatic rings. The number of imide groups is 1. The number of benzene rings is 2. The van der Waals surface area contributed by atoms with Crippen molar-refractivity contribution in [3.05, 3.63) is 60.2 Å². The van der Waals surface area contributed by atoms with Gasteiger partial charge in [0.25, 0.3) is 11.8 Å². The van der Waals surface area contributed by atoms with Crippen LogP contribution in [0.25, 0.3) is 0 Å². The predicted octanol–water partition coefficient (Wildman–Crippen LogP) is 3.00. The number of hydrazone groups is 1. The number of para-hydroxylation sites is 2. The molecule has 1 fully saturated rings. The quantitative estimate of drug-likeness (QED) is 0.479. The summed E-state index contributed by atoms with van der Waals surface area (Å²) in [5, 5.41) is 14.8. The van der Waals surface area contributed by atoms with Crippen LogP contribution >= 0.6 is 0 Å². The van der Waals surface area contributed by atoms with E-state index < -0.39 is 23.1 Å². The van der Waals surface area contributed by atoms with Crippen molar-refractivity contribution in [3.63, 3.8) is 0 Å². The van der Waals surface area contributed by atoms with Gasteiger partial charge in [-0.25, -0.2) is 0 Å². The first-order valence-electron chi connectivity index (χ1n) is 8.93. The second-order valence-electron chi connectivity index (χ2n) is 6.76. The minimum atomic E-state index is -1.47. The third-order valence-corrected chi connectivity index (χ3v) is 4.97. The number of nitrogens with zero attached hydrogens (tertiary/aromatic N) is 3. The van der Waals surface area contributed by atoms with Crippen molar-refractivity contribution >= 4 is 28.9 Å². The molecule has 2 atom stereocenters. The molecule has 144 valence electrons. The van der Waals surface area contributed by atoms with Gasteiger partial charge in [-0.3, -0.25) is 20.4 Å². The molecule has 1 aliphatic heterocycles. The highest BCUT2D eigenvalue weighted by Crippen LogP contribution is 2.35. The maximum Gasteiger partial charge on any atom is 0.296 e. The first-order chi connectivity index (χ1) is 13.9. The molecule has 0 bridgehead atoms. The van der Waals surface area contributed by atoms with E-state index in [-0.39, 0.29) is 5.71 Å². The fourth-order valence-electron chi connectivity index (χ4n) is 2.94. The molecule has 1 heterocycles. The Morgan fingerprint density at radius 1 is 1.14 bits per heavy atom. The van der Waals surface area contributed by atoms with Gasteiger partial charge in [0.05, 0.1) is 17.4 Å². The summed E-state index contributed by atoms with van der Waals surface area (Å²) in [5.74, 6) is 0.537. The number of nitriles is 1. The van der Waals surface area contributed by atoms with Crippen LogP contribution < -0.4 is 10.9 Å². The fourth-order valence-corrected chi connectivity index (χ4v) is 2.94. The second kappa shape index (κ2) is 7.87. The standard InChI is InChI=1S/C22H19N5O2/c1-4-16-10-8-9-13-18(16)24-25-19-15(2)22(3,14-23)21(29)27(20(19)28)26-17-11-6-5-7-12-17/h1,5-13,15,24,26H,2-3H3. The molecule has 2 amide bonds. The van der Waals surface area contributed by atoms with Gasteiger partial charge in [-0.1, -0.05) is 43.2 Å². The molecule has 0 aliphatic carbocycles. The summed E-state index contributed by atoms with van der Waals surface area (Å²) in [5.41, 5.74) is 5.82. The van der Waals surface area contributed by atoms with Crippen LogP contribution in [0.2, 0.25) is 0 Å². The summed E-state index contributed by atoms with van der Waals surface area (Å²) in [4.78, 5) is 26.0. The predicted molar refractivity (Wildman–Crippen MR) is 110 cm³/mol. The van der Waals surface area contributed by atoms with E-state index in [9.17, 15) is 14.9 Å². The van der Waals surface area contributed by atoms with Crippen LogP contribution in [0.4, 0.5) is 11.4 Å². The smallest absolute Gasteiger partial charge is 0.289 e. The number of hydrogen-bond acceptors (Lipinski definition) is 6. The van der Waals surface area contributed by atoms with Gasteiger partial charge >= 0.3 is 0 Å². The van der Waals surface area contributed by atoms with Gasteiger partial charge in [-0.05, 0) is 31.2 Å². The average molecular weight is 385 g/mol. The monoisotopic (exact) mass is 385 g/mol. The number of terminal acetylenes is 1.